The minimum Gasteiger partial charge on any atom is -1.00 e. The van der Waals surface area contributed by atoms with E-state index < -0.39 is 16.1 Å². The average Bonchev–Trinajstić information content (AvgIpc) is 3.39. The van der Waals surface area contributed by atoms with Gasteiger partial charge in [-0.2, -0.15) is 24.3 Å². The van der Waals surface area contributed by atoms with Crippen LogP contribution in [0.5, 0.6) is 0 Å². The monoisotopic (exact) mass is 704 g/mol. The maximum atomic E-state index is 2.44. The van der Waals surface area contributed by atoms with Crippen molar-refractivity contribution in [2.75, 3.05) is 0 Å². The van der Waals surface area contributed by atoms with Crippen molar-refractivity contribution in [3.63, 3.8) is 0 Å². The zero-order valence-electron chi connectivity index (χ0n) is 21.3. The molecular weight excluding hydrogens is 666 g/mol. The van der Waals surface area contributed by atoms with Gasteiger partial charge in [-0.3, -0.25) is 0 Å². The smallest absolute Gasteiger partial charge is 1.00 e. The molecular formula is C30H38Cl2HfSi2. The van der Waals surface area contributed by atoms with Crippen molar-refractivity contribution in [3.8, 4) is 0 Å². The molecule has 2 saturated heterocycles. The van der Waals surface area contributed by atoms with Crippen molar-refractivity contribution in [3.05, 3.63) is 72.8 Å². The predicted octanol–water partition coefficient (Wildman–Crippen LogP) is 2.06. The van der Waals surface area contributed by atoms with Gasteiger partial charge < -0.3 is 24.8 Å². The Bertz CT molecular complexity index is 1090. The Hall–Kier alpha value is -0.456. The van der Waals surface area contributed by atoms with Gasteiger partial charge in [-0.05, 0) is 0 Å². The number of rotatable bonds is 6. The van der Waals surface area contributed by atoms with Gasteiger partial charge in [-0.25, -0.2) is 0 Å². The number of fused-ring (bicyclic) bond motifs is 2. The van der Waals surface area contributed by atoms with Crippen LogP contribution in [0.2, 0.25) is 36.3 Å². The molecule has 0 saturated carbocycles. The van der Waals surface area contributed by atoms with Gasteiger partial charge >= 0.3 is 25.8 Å². The van der Waals surface area contributed by atoms with Gasteiger partial charge in [0.1, 0.15) is 0 Å². The summed E-state index contributed by atoms with van der Waals surface area (Å²) in [5.74, 6) is 0. The molecule has 0 unspecified atom stereocenters. The van der Waals surface area contributed by atoms with E-state index in [0.717, 1.165) is 0 Å². The van der Waals surface area contributed by atoms with E-state index in [2.05, 4.69) is 86.6 Å². The number of hydrogen-bond donors (Lipinski definition) is 0. The first-order valence-electron chi connectivity index (χ1n) is 13.0. The molecule has 5 heteroatoms. The Balaban J connectivity index is 0.000000227. The van der Waals surface area contributed by atoms with Crippen LogP contribution in [0.3, 0.4) is 0 Å². The van der Waals surface area contributed by atoms with Crippen molar-refractivity contribution < 1.29 is 50.7 Å². The van der Waals surface area contributed by atoms with Crippen molar-refractivity contribution in [1.82, 2.24) is 0 Å². The van der Waals surface area contributed by atoms with Gasteiger partial charge in [-0.1, -0.05) is 87.9 Å². The fourth-order valence-corrected chi connectivity index (χ4v) is 16.1. The molecule has 2 heterocycles. The summed E-state index contributed by atoms with van der Waals surface area (Å²) in [6.07, 6.45) is 5.69. The SMILES string of the molecule is CCC[Si]1([c-]2ccc3ccccc32)CCC1.CCC[Si]1([c-]2ccc3ccccc32)CCC1.[Cl-].[Cl-].[Hf+4]. The second kappa shape index (κ2) is 13.4. The van der Waals surface area contributed by atoms with E-state index in [0.29, 0.717) is 0 Å². The van der Waals surface area contributed by atoms with Crippen LogP contribution in [0.25, 0.3) is 21.5 Å². The first-order chi connectivity index (χ1) is 15.7. The summed E-state index contributed by atoms with van der Waals surface area (Å²) >= 11 is 0. The van der Waals surface area contributed by atoms with Crippen LogP contribution in [-0.2, 0) is 25.8 Å². The summed E-state index contributed by atoms with van der Waals surface area (Å²) in [5, 5.41) is 9.54. The van der Waals surface area contributed by atoms with Gasteiger partial charge in [0.2, 0.25) is 0 Å². The van der Waals surface area contributed by atoms with Gasteiger partial charge in [0, 0.05) is 16.1 Å². The molecule has 0 amide bonds. The van der Waals surface area contributed by atoms with E-state index in [-0.39, 0.29) is 50.7 Å². The Morgan fingerprint density at radius 1 is 0.600 bits per heavy atom. The fraction of sp³-hybridized carbons (Fsp3) is 0.400. The number of halogens is 2. The molecule has 2 aliphatic rings. The molecule has 2 aliphatic heterocycles. The molecule has 0 nitrogen and oxygen atoms in total. The number of benzene rings is 2. The van der Waals surface area contributed by atoms with Crippen molar-refractivity contribution >= 4 is 48.1 Å². The fourth-order valence-electron chi connectivity index (χ4n) is 6.70. The summed E-state index contributed by atoms with van der Waals surface area (Å²) in [6.45, 7) is 4.69. The van der Waals surface area contributed by atoms with E-state index in [9.17, 15) is 0 Å². The minimum absolute atomic E-state index is 0. The third-order valence-corrected chi connectivity index (χ3v) is 19.9. The van der Waals surface area contributed by atoms with Crippen LogP contribution in [0.1, 0.15) is 39.5 Å². The second-order valence-electron chi connectivity index (χ2n) is 10.4. The molecule has 0 N–H and O–H groups in total. The largest absolute Gasteiger partial charge is 4.00 e. The molecule has 0 aliphatic carbocycles. The van der Waals surface area contributed by atoms with Crippen molar-refractivity contribution in [2.45, 2.75) is 75.8 Å². The van der Waals surface area contributed by atoms with Crippen LogP contribution in [0.15, 0.2) is 72.8 Å². The maximum Gasteiger partial charge on any atom is 4.00 e. The minimum atomic E-state index is -1.03. The molecule has 6 rings (SSSR count). The third-order valence-electron chi connectivity index (χ3n) is 8.58. The zero-order chi connectivity index (χ0) is 22.0. The third kappa shape index (κ3) is 5.85. The van der Waals surface area contributed by atoms with Gasteiger partial charge in [0.15, 0.2) is 0 Å². The predicted molar refractivity (Wildman–Crippen MR) is 149 cm³/mol. The molecule has 35 heavy (non-hydrogen) atoms. The Labute approximate surface area is 245 Å². The van der Waals surface area contributed by atoms with Crippen LogP contribution >= 0.6 is 0 Å². The Kier molecular flexibility index (Phi) is 11.8. The van der Waals surface area contributed by atoms with Crippen LogP contribution < -0.4 is 35.2 Å². The molecule has 184 valence electrons. The van der Waals surface area contributed by atoms with E-state index >= 15 is 0 Å². The number of hydrogen-bond acceptors (Lipinski definition) is 0. The van der Waals surface area contributed by atoms with Gasteiger partial charge in [-0.15, -0.1) is 68.3 Å². The van der Waals surface area contributed by atoms with Crippen LogP contribution in [0, 0.1) is 0 Å². The van der Waals surface area contributed by atoms with Crippen molar-refractivity contribution in [1.29, 1.82) is 0 Å². The molecule has 0 atom stereocenters. The van der Waals surface area contributed by atoms with Gasteiger partial charge in [0.25, 0.3) is 0 Å². The van der Waals surface area contributed by atoms with E-state index in [1.165, 1.54) is 72.7 Å². The first-order valence-corrected chi connectivity index (χ1v) is 18.3. The quantitative estimate of drug-likeness (QED) is 0.213. The normalized spacial score (nSPS) is 17.0. The van der Waals surface area contributed by atoms with E-state index in [1.54, 1.807) is 21.1 Å². The summed E-state index contributed by atoms with van der Waals surface area (Å²) in [5.41, 5.74) is 0. The molecule has 4 aromatic carbocycles. The van der Waals surface area contributed by atoms with E-state index in [1.807, 2.05) is 0 Å². The Morgan fingerprint density at radius 2 is 0.971 bits per heavy atom. The molecule has 0 radical (unpaired) electrons. The maximum absolute atomic E-state index is 2.44. The summed E-state index contributed by atoms with van der Waals surface area (Å²) in [4.78, 5) is 0. The van der Waals surface area contributed by atoms with Gasteiger partial charge in [0.05, 0.1) is 0 Å². The molecule has 0 spiro atoms. The molecule has 2 fully saturated rings. The molecule has 0 aromatic heterocycles. The summed E-state index contributed by atoms with van der Waals surface area (Å²) < 4.78 is 0. The van der Waals surface area contributed by atoms with Crippen LogP contribution in [0.4, 0.5) is 0 Å². The standard InChI is InChI=1S/2C15H19Si.2ClH.Hf/c2*1-2-10-16(11-5-12-16)15-9-8-13-6-3-4-7-14(13)15;;;/h2*3-4,6-9H,2,5,10-12H2,1H3;2*1H;/q2*-1;;;+4/p-2. The topological polar surface area (TPSA) is 0 Å². The van der Waals surface area contributed by atoms with Crippen molar-refractivity contribution in [2.24, 2.45) is 0 Å². The Morgan fingerprint density at radius 3 is 1.29 bits per heavy atom. The first kappa shape index (κ1) is 30.8. The molecule has 0 bridgehead atoms. The average molecular weight is 704 g/mol. The summed E-state index contributed by atoms with van der Waals surface area (Å²) in [7, 11) is -2.06. The zero-order valence-corrected chi connectivity index (χ0v) is 28.4. The van der Waals surface area contributed by atoms with Crippen LogP contribution in [-0.4, -0.2) is 16.1 Å². The summed E-state index contributed by atoms with van der Waals surface area (Å²) in [6, 6.07) is 36.5. The molecule has 4 aromatic rings. The second-order valence-corrected chi connectivity index (χ2v) is 19.6. The van der Waals surface area contributed by atoms with E-state index in [4.69, 9.17) is 0 Å².